The van der Waals surface area contributed by atoms with E-state index < -0.39 is 11.6 Å². The molecule has 0 fully saturated rings. The van der Waals surface area contributed by atoms with Crippen LogP contribution >= 0.6 is 0 Å². The minimum atomic E-state index is -0.895. The zero-order chi connectivity index (χ0) is 25.0. The van der Waals surface area contributed by atoms with Crippen LogP contribution in [-0.2, 0) is 16.1 Å². The smallest absolute Gasteiger partial charge is 0.249 e. The van der Waals surface area contributed by atoms with Crippen molar-refractivity contribution >= 4 is 28.5 Å². The first-order valence-corrected chi connectivity index (χ1v) is 11.7. The number of carbonyl (C=O) groups is 2. The molecule has 1 unspecified atom stereocenters. The van der Waals surface area contributed by atoms with E-state index in [4.69, 9.17) is 0 Å². The van der Waals surface area contributed by atoms with Crippen LogP contribution in [0, 0.1) is 6.92 Å². The molecule has 2 aromatic carbocycles. The number of amides is 2. The third-order valence-electron chi connectivity index (χ3n) is 6.13. The van der Waals surface area contributed by atoms with Gasteiger partial charge in [0, 0.05) is 23.6 Å². The number of para-hydroxylation sites is 1. The lowest BCUT2D eigenvalue weighted by Crippen LogP contribution is -2.51. The van der Waals surface area contributed by atoms with Gasteiger partial charge in [0.1, 0.15) is 18.1 Å². The molecule has 0 bridgehead atoms. The SMILES string of the molecule is CCC(C)(C)NC(=O)C(c1ccncc1)N(C(=O)Cn1nnc2ccccc21)c1cccc(C)c1. The van der Waals surface area contributed by atoms with Crippen molar-refractivity contribution in [2.75, 3.05) is 4.90 Å². The molecular formula is C27H30N6O2. The lowest BCUT2D eigenvalue weighted by atomic mass is 9.98. The maximum atomic E-state index is 14.0. The van der Waals surface area contributed by atoms with Gasteiger partial charge in [0.2, 0.25) is 11.8 Å². The molecule has 0 spiro atoms. The molecule has 1 N–H and O–H groups in total. The Kier molecular flexibility index (Phi) is 6.91. The van der Waals surface area contributed by atoms with Gasteiger partial charge in [0.15, 0.2) is 0 Å². The fourth-order valence-corrected chi connectivity index (χ4v) is 3.91. The normalized spacial score (nSPS) is 12.3. The number of pyridine rings is 1. The lowest BCUT2D eigenvalue weighted by molar-refractivity contribution is -0.128. The van der Waals surface area contributed by atoms with Gasteiger partial charge in [-0.05, 0) is 74.7 Å². The molecular weight excluding hydrogens is 440 g/mol. The topological polar surface area (TPSA) is 93.0 Å². The molecule has 0 aliphatic carbocycles. The van der Waals surface area contributed by atoms with Crippen LogP contribution in [0.1, 0.15) is 44.4 Å². The average molecular weight is 471 g/mol. The molecule has 0 aliphatic rings. The van der Waals surface area contributed by atoms with Crippen LogP contribution in [0.5, 0.6) is 0 Å². The molecule has 0 radical (unpaired) electrons. The molecule has 0 saturated carbocycles. The Hall–Kier alpha value is -4.07. The Balaban J connectivity index is 1.81. The van der Waals surface area contributed by atoms with E-state index in [1.807, 2.05) is 76.2 Å². The summed E-state index contributed by atoms with van der Waals surface area (Å²) in [6, 6.07) is 17.7. The van der Waals surface area contributed by atoms with Crippen LogP contribution in [0.2, 0.25) is 0 Å². The zero-order valence-electron chi connectivity index (χ0n) is 20.5. The number of aryl methyl sites for hydroxylation is 1. The molecule has 0 aliphatic heterocycles. The maximum Gasteiger partial charge on any atom is 0.249 e. The number of hydrogen-bond acceptors (Lipinski definition) is 5. The second kappa shape index (κ2) is 10.0. The Bertz CT molecular complexity index is 1330. The lowest BCUT2D eigenvalue weighted by Gasteiger charge is -2.34. The van der Waals surface area contributed by atoms with Crippen molar-refractivity contribution in [3.63, 3.8) is 0 Å². The van der Waals surface area contributed by atoms with Crippen molar-refractivity contribution in [3.8, 4) is 0 Å². The predicted molar refractivity (Wildman–Crippen MR) is 136 cm³/mol. The van der Waals surface area contributed by atoms with E-state index in [2.05, 4.69) is 20.6 Å². The summed E-state index contributed by atoms with van der Waals surface area (Å²) >= 11 is 0. The molecule has 0 saturated heterocycles. The number of benzene rings is 2. The zero-order valence-corrected chi connectivity index (χ0v) is 20.5. The van der Waals surface area contributed by atoms with E-state index in [0.29, 0.717) is 16.8 Å². The third-order valence-corrected chi connectivity index (χ3v) is 6.13. The number of fused-ring (bicyclic) bond motifs is 1. The molecule has 1 atom stereocenters. The summed E-state index contributed by atoms with van der Waals surface area (Å²) in [7, 11) is 0. The Labute approximate surface area is 205 Å². The number of aromatic nitrogens is 4. The number of carbonyl (C=O) groups excluding carboxylic acids is 2. The van der Waals surface area contributed by atoms with Crippen LogP contribution in [-0.4, -0.2) is 37.3 Å². The highest BCUT2D eigenvalue weighted by molar-refractivity contribution is 6.01. The minimum Gasteiger partial charge on any atom is -0.349 e. The van der Waals surface area contributed by atoms with Crippen LogP contribution in [0.25, 0.3) is 11.0 Å². The molecule has 2 heterocycles. The maximum absolute atomic E-state index is 14.0. The summed E-state index contributed by atoms with van der Waals surface area (Å²) in [5, 5.41) is 11.5. The fraction of sp³-hybridized carbons (Fsp3) is 0.296. The Morgan fingerprint density at radius 1 is 1.06 bits per heavy atom. The van der Waals surface area contributed by atoms with Gasteiger partial charge in [-0.15, -0.1) is 5.10 Å². The van der Waals surface area contributed by atoms with E-state index in [1.165, 1.54) is 0 Å². The van der Waals surface area contributed by atoms with Crippen molar-refractivity contribution in [2.24, 2.45) is 0 Å². The molecule has 2 amide bonds. The van der Waals surface area contributed by atoms with Gasteiger partial charge < -0.3 is 5.32 Å². The predicted octanol–water partition coefficient (Wildman–Crippen LogP) is 4.21. The summed E-state index contributed by atoms with van der Waals surface area (Å²) in [5.74, 6) is -0.543. The number of rotatable bonds is 8. The van der Waals surface area contributed by atoms with Gasteiger partial charge in [-0.1, -0.05) is 36.4 Å². The summed E-state index contributed by atoms with van der Waals surface area (Å²) < 4.78 is 1.57. The highest BCUT2D eigenvalue weighted by Crippen LogP contribution is 2.30. The molecule has 8 heteroatoms. The van der Waals surface area contributed by atoms with E-state index in [0.717, 1.165) is 17.5 Å². The molecule has 180 valence electrons. The van der Waals surface area contributed by atoms with Crippen LogP contribution < -0.4 is 10.2 Å². The van der Waals surface area contributed by atoms with Crippen molar-refractivity contribution in [3.05, 3.63) is 84.2 Å². The highest BCUT2D eigenvalue weighted by Gasteiger charge is 2.35. The molecule has 4 aromatic rings. The second-order valence-corrected chi connectivity index (χ2v) is 9.25. The van der Waals surface area contributed by atoms with Crippen molar-refractivity contribution in [2.45, 2.75) is 52.2 Å². The van der Waals surface area contributed by atoms with Crippen LogP contribution in [0.15, 0.2) is 73.1 Å². The quantitative estimate of drug-likeness (QED) is 0.416. The van der Waals surface area contributed by atoms with Gasteiger partial charge in [0.25, 0.3) is 0 Å². The fourth-order valence-electron chi connectivity index (χ4n) is 3.91. The number of nitrogens with one attached hydrogen (secondary N) is 1. The first-order valence-electron chi connectivity index (χ1n) is 11.7. The molecule has 4 rings (SSSR count). The monoisotopic (exact) mass is 470 g/mol. The minimum absolute atomic E-state index is 0.0690. The van der Waals surface area contributed by atoms with Crippen molar-refractivity contribution < 1.29 is 9.59 Å². The number of hydrogen-bond donors (Lipinski definition) is 1. The molecule has 2 aromatic heterocycles. The van der Waals surface area contributed by atoms with Crippen LogP contribution in [0.3, 0.4) is 0 Å². The van der Waals surface area contributed by atoms with E-state index >= 15 is 0 Å². The van der Waals surface area contributed by atoms with Gasteiger partial charge in [0.05, 0.1) is 5.52 Å². The average Bonchev–Trinajstić information content (AvgIpc) is 3.25. The standard InChI is InChI=1S/C27H30N6O2/c1-5-27(3,4)29-26(35)25(20-13-15-28-16-14-20)33(21-10-8-9-19(2)17-21)24(34)18-32-23-12-7-6-11-22(23)30-31-32/h6-17,25H,5,18H2,1-4H3,(H,29,35). The summed E-state index contributed by atoms with van der Waals surface area (Å²) in [6.45, 7) is 7.84. The number of nitrogens with zero attached hydrogens (tertiary/aromatic N) is 5. The van der Waals surface area contributed by atoms with Crippen LogP contribution in [0.4, 0.5) is 5.69 Å². The van der Waals surface area contributed by atoms with E-state index in [9.17, 15) is 9.59 Å². The van der Waals surface area contributed by atoms with Crippen molar-refractivity contribution in [1.82, 2.24) is 25.3 Å². The second-order valence-electron chi connectivity index (χ2n) is 9.25. The number of anilines is 1. The van der Waals surface area contributed by atoms with Gasteiger partial charge >= 0.3 is 0 Å². The molecule has 35 heavy (non-hydrogen) atoms. The molecule has 8 nitrogen and oxygen atoms in total. The summed E-state index contributed by atoms with van der Waals surface area (Å²) in [4.78, 5) is 33.4. The largest absolute Gasteiger partial charge is 0.349 e. The van der Waals surface area contributed by atoms with Gasteiger partial charge in [-0.2, -0.15) is 0 Å². The Morgan fingerprint density at radius 2 is 1.80 bits per heavy atom. The van der Waals surface area contributed by atoms with E-state index in [1.54, 1.807) is 34.1 Å². The van der Waals surface area contributed by atoms with Crippen molar-refractivity contribution in [1.29, 1.82) is 0 Å². The van der Waals surface area contributed by atoms with E-state index in [-0.39, 0.29) is 18.4 Å². The van der Waals surface area contributed by atoms with Gasteiger partial charge in [-0.3, -0.25) is 19.5 Å². The van der Waals surface area contributed by atoms with Gasteiger partial charge in [-0.25, -0.2) is 4.68 Å². The summed E-state index contributed by atoms with van der Waals surface area (Å²) in [5.41, 5.74) is 3.30. The Morgan fingerprint density at radius 3 is 2.51 bits per heavy atom. The third kappa shape index (κ3) is 5.37. The highest BCUT2D eigenvalue weighted by atomic mass is 16.2. The first kappa shape index (κ1) is 24.1. The first-order chi connectivity index (χ1) is 16.8. The summed E-state index contributed by atoms with van der Waals surface area (Å²) in [6.07, 6.45) is 4.00.